The average Bonchev–Trinajstić information content (AvgIpc) is 2.53. The second-order valence-electron chi connectivity index (χ2n) is 3.05. The lowest BCUT2D eigenvalue weighted by Gasteiger charge is -2.05. The van der Waals surface area contributed by atoms with Crippen molar-refractivity contribution in [1.29, 1.82) is 0 Å². The van der Waals surface area contributed by atoms with Crippen molar-refractivity contribution in [3.8, 4) is 0 Å². The first-order valence-corrected chi connectivity index (χ1v) is 4.16. The third-order valence-electron chi connectivity index (χ3n) is 2.20. The van der Waals surface area contributed by atoms with Gasteiger partial charge in [-0.3, -0.25) is 4.79 Å². The standard InChI is InChI=1S/C9H9FN2O/c10-8-2-1-6(5-12-8)7-3-4-11-9(7)13/h1-2,5,7H,3-4H2,(H,11,13). The predicted molar refractivity (Wildman–Crippen MR) is 44.6 cm³/mol. The van der Waals surface area contributed by atoms with E-state index in [1.165, 1.54) is 12.3 Å². The Balaban J connectivity index is 2.25. The second-order valence-corrected chi connectivity index (χ2v) is 3.05. The van der Waals surface area contributed by atoms with E-state index in [1.807, 2.05) is 0 Å². The molecule has 1 atom stereocenters. The number of nitrogens with zero attached hydrogens (tertiary/aromatic N) is 1. The maximum atomic E-state index is 12.5. The van der Waals surface area contributed by atoms with Crippen molar-refractivity contribution in [2.45, 2.75) is 12.3 Å². The molecule has 2 heterocycles. The molecule has 0 aliphatic carbocycles. The highest BCUT2D eigenvalue weighted by Gasteiger charge is 2.25. The van der Waals surface area contributed by atoms with Crippen molar-refractivity contribution in [2.24, 2.45) is 0 Å². The Morgan fingerprint density at radius 3 is 2.92 bits per heavy atom. The van der Waals surface area contributed by atoms with Crippen LogP contribution in [0.4, 0.5) is 4.39 Å². The molecule has 1 fully saturated rings. The highest BCUT2D eigenvalue weighted by molar-refractivity contribution is 5.85. The summed E-state index contributed by atoms with van der Waals surface area (Å²) in [5.74, 6) is -0.649. The van der Waals surface area contributed by atoms with E-state index in [1.54, 1.807) is 6.07 Å². The van der Waals surface area contributed by atoms with Crippen molar-refractivity contribution in [3.63, 3.8) is 0 Å². The van der Waals surface area contributed by atoms with Crippen LogP contribution in [0, 0.1) is 5.95 Å². The minimum absolute atomic E-state index is 0.00779. The third-order valence-corrected chi connectivity index (χ3v) is 2.20. The summed E-state index contributed by atoms with van der Waals surface area (Å²) in [6.07, 6.45) is 2.19. The molecule has 1 aromatic rings. The predicted octanol–water partition coefficient (Wildman–Crippen LogP) is 0.824. The van der Waals surface area contributed by atoms with E-state index in [-0.39, 0.29) is 11.8 Å². The molecule has 2 rings (SSSR count). The zero-order chi connectivity index (χ0) is 9.26. The smallest absolute Gasteiger partial charge is 0.227 e. The molecule has 1 N–H and O–H groups in total. The number of pyridine rings is 1. The van der Waals surface area contributed by atoms with E-state index < -0.39 is 5.95 Å². The van der Waals surface area contributed by atoms with E-state index in [2.05, 4.69) is 10.3 Å². The quantitative estimate of drug-likeness (QED) is 0.650. The van der Waals surface area contributed by atoms with E-state index in [4.69, 9.17) is 0 Å². The van der Waals surface area contributed by atoms with Crippen molar-refractivity contribution >= 4 is 5.91 Å². The molecule has 1 aromatic heterocycles. The van der Waals surface area contributed by atoms with Crippen molar-refractivity contribution in [3.05, 3.63) is 29.8 Å². The zero-order valence-corrected chi connectivity index (χ0v) is 6.96. The molecule has 0 aromatic carbocycles. The molecule has 1 aliphatic heterocycles. The van der Waals surface area contributed by atoms with Crippen LogP contribution in [0.25, 0.3) is 0 Å². The van der Waals surface area contributed by atoms with Gasteiger partial charge in [-0.25, -0.2) is 4.98 Å². The van der Waals surface area contributed by atoms with E-state index >= 15 is 0 Å². The lowest BCUT2D eigenvalue weighted by atomic mass is 10.00. The number of hydrogen-bond donors (Lipinski definition) is 1. The van der Waals surface area contributed by atoms with Crippen molar-refractivity contribution < 1.29 is 9.18 Å². The number of nitrogens with one attached hydrogen (secondary N) is 1. The summed E-state index contributed by atoms with van der Waals surface area (Å²) in [4.78, 5) is 14.7. The summed E-state index contributed by atoms with van der Waals surface area (Å²) in [7, 11) is 0. The van der Waals surface area contributed by atoms with Gasteiger partial charge in [0.05, 0.1) is 5.92 Å². The molecular formula is C9H9FN2O. The summed E-state index contributed by atoms with van der Waals surface area (Å²) in [5, 5.41) is 2.72. The fourth-order valence-electron chi connectivity index (χ4n) is 1.51. The molecule has 1 unspecified atom stereocenters. The van der Waals surface area contributed by atoms with Gasteiger partial charge in [0.2, 0.25) is 11.9 Å². The number of carbonyl (C=O) groups is 1. The fourth-order valence-corrected chi connectivity index (χ4v) is 1.51. The topological polar surface area (TPSA) is 42.0 Å². The lowest BCUT2D eigenvalue weighted by molar-refractivity contribution is -0.120. The maximum Gasteiger partial charge on any atom is 0.227 e. The van der Waals surface area contributed by atoms with Crippen LogP contribution in [0.2, 0.25) is 0 Å². The van der Waals surface area contributed by atoms with Crippen LogP contribution in [0.1, 0.15) is 17.9 Å². The largest absolute Gasteiger partial charge is 0.356 e. The summed E-state index contributed by atoms with van der Waals surface area (Å²) < 4.78 is 12.5. The number of carbonyl (C=O) groups excluding carboxylic acids is 1. The van der Waals surface area contributed by atoms with Gasteiger partial charge in [0.15, 0.2) is 0 Å². The molecule has 3 nitrogen and oxygen atoms in total. The molecule has 1 amide bonds. The normalized spacial score (nSPS) is 21.6. The molecule has 0 saturated carbocycles. The Kier molecular flexibility index (Phi) is 1.96. The average molecular weight is 180 g/mol. The molecule has 1 saturated heterocycles. The van der Waals surface area contributed by atoms with Crippen LogP contribution in [0.3, 0.4) is 0 Å². The molecule has 68 valence electrons. The zero-order valence-electron chi connectivity index (χ0n) is 6.96. The Labute approximate surface area is 75.0 Å². The van der Waals surface area contributed by atoms with E-state index in [9.17, 15) is 9.18 Å². The van der Waals surface area contributed by atoms with Gasteiger partial charge < -0.3 is 5.32 Å². The SMILES string of the molecule is O=C1NCCC1c1ccc(F)nc1. The van der Waals surface area contributed by atoms with Crippen LogP contribution in [0.15, 0.2) is 18.3 Å². The van der Waals surface area contributed by atoms with Crippen LogP contribution in [0.5, 0.6) is 0 Å². The molecule has 0 spiro atoms. The Morgan fingerprint density at radius 1 is 1.54 bits per heavy atom. The molecule has 0 bridgehead atoms. The van der Waals surface area contributed by atoms with Gasteiger partial charge in [-0.05, 0) is 18.1 Å². The first-order valence-electron chi connectivity index (χ1n) is 4.16. The number of aromatic nitrogens is 1. The lowest BCUT2D eigenvalue weighted by Crippen LogP contribution is -2.17. The molecule has 13 heavy (non-hydrogen) atoms. The fraction of sp³-hybridized carbons (Fsp3) is 0.333. The molecule has 4 heteroatoms. The number of amides is 1. The summed E-state index contributed by atoms with van der Waals surface area (Å²) in [6.45, 7) is 0.695. The number of halogens is 1. The Morgan fingerprint density at radius 2 is 2.38 bits per heavy atom. The van der Waals surface area contributed by atoms with Crippen LogP contribution in [-0.4, -0.2) is 17.4 Å². The van der Waals surface area contributed by atoms with Gasteiger partial charge >= 0.3 is 0 Å². The van der Waals surface area contributed by atoms with E-state index in [0.717, 1.165) is 12.0 Å². The van der Waals surface area contributed by atoms with Gasteiger partial charge in [0, 0.05) is 12.7 Å². The minimum atomic E-state index is -0.512. The highest BCUT2D eigenvalue weighted by atomic mass is 19.1. The summed E-state index contributed by atoms with van der Waals surface area (Å²) in [6, 6.07) is 2.89. The van der Waals surface area contributed by atoms with Gasteiger partial charge in [-0.2, -0.15) is 4.39 Å². The Bertz CT molecular complexity index is 323. The van der Waals surface area contributed by atoms with Crippen molar-refractivity contribution in [1.82, 2.24) is 10.3 Å². The van der Waals surface area contributed by atoms with Crippen LogP contribution in [-0.2, 0) is 4.79 Å². The number of hydrogen-bond acceptors (Lipinski definition) is 2. The van der Waals surface area contributed by atoms with E-state index in [0.29, 0.717) is 6.54 Å². The third kappa shape index (κ3) is 1.52. The molecule has 1 aliphatic rings. The van der Waals surface area contributed by atoms with Crippen LogP contribution >= 0.6 is 0 Å². The first kappa shape index (κ1) is 8.16. The highest BCUT2D eigenvalue weighted by Crippen LogP contribution is 2.22. The molecule has 0 radical (unpaired) electrons. The van der Waals surface area contributed by atoms with Gasteiger partial charge in [-0.15, -0.1) is 0 Å². The maximum absolute atomic E-state index is 12.5. The minimum Gasteiger partial charge on any atom is -0.356 e. The van der Waals surface area contributed by atoms with Gasteiger partial charge in [-0.1, -0.05) is 6.07 Å². The van der Waals surface area contributed by atoms with Crippen molar-refractivity contribution in [2.75, 3.05) is 6.54 Å². The van der Waals surface area contributed by atoms with Crippen LogP contribution < -0.4 is 5.32 Å². The Hall–Kier alpha value is -1.45. The second kappa shape index (κ2) is 3.12. The monoisotopic (exact) mass is 180 g/mol. The summed E-state index contributed by atoms with van der Waals surface area (Å²) >= 11 is 0. The summed E-state index contributed by atoms with van der Waals surface area (Å²) in [5.41, 5.74) is 0.788. The first-order chi connectivity index (χ1) is 6.27. The molecular weight excluding hydrogens is 171 g/mol. The number of rotatable bonds is 1. The van der Waals surface area contributed by atoms with Gasteiger partial charge in [0.25, 0.3) is 0 Å². The van der Waals surface area contributed by atoms with Gasteiger partial charge in [0.1, 0.15) is 0 Å².